The Bertz CT molecular complexity index is 166. The van der Waals surface area contributed by atoms with Gasteiger partial charge in [0.15, 0.2) is 0 Å². The van der Waals surface area contributed by atoms with Gasteiger partial charge in [-0.15, -0.1) is 0 Å². The van der Waals surface area contributed by atoms with E-state index in [4.69, 9.17) is 0 Å². The topological polar surface area (TPSA) is 17.1 Å². The summed E-state index contributed by atoms with van der Waals surface area (Å²) in [7, 11) is 0. The van der Waals surface area contributed by atoms with Gasteiger partial charge in [0.2, 0.25) is 0 Å². The van der Waals surface area contributed by atoms with Gasteiger partial charge >= 0.3 is 79.6 Å². The van der Waals surface area contributed by atoms with Gasteiger partial charge in [0.25, 0.3) is 0 Å². The Morgan fingerprint density at radius 3 is 2.25 bits per heavy atom. The molecule has 1 nitrogen and oxygen atoms in total. The van der Waals surface area contributed by atoms with Gasteiger partial charge in [-0.2, -0.15) is 0 Å². The van der Waals surface area contributed by atoms with Crippen LogP contribution in [0.15, 0.2) is 0 Å². The quantitative estimate of drug-likeness (QED) is 0.603. The Labute approximate surface area is 80.1 Å². The first-order chi connectivity index (χ1) is 5.63. The van der Waals surface area contributed by atoms with Gasteiger partial charge in [-0.25, -0.2) is 0 Å². The average Bonchev–Trinajstić information content (AvgIpc) is 2.11. The third-order valence-corrected chi connectivity index (χ3v) is 3.30. The number of hydrogen-bond acceptors (Lipinski definition) is 1. The van der Waals surface area contributed by atoms with E-state index in [-0.39, 0.29) is 0 Å². The molecule has 0 radical (unpaired) electrons. The van der Waals surface area contributed by atoms with Crippen LogP contribution in [-0.4, -0.2) is 10.4 Å². The second-order valence-corrected chi connectivity index (χ2v) is 4.25. The molecule has 0 spiro atoms. The summed E-state index contributed by atoms with van der Waals surface area (Å²) in [6.07, 6.45) is 3.94. The number of rotatable bonds is 5. The van der Waals surface area contributed by atoms with Crippen molar-refractivity contribution in [1.29, 1.82) is 0 Å². The van der Waals surface area contributed by atoms with Crippen molar-refractivity contribution in [3.8, 4) is 0 Å². The molecule has 12 heavy (non-hydrogen) atoms. The van der Waals surface area contributed by atoms with Crippen molar-refractivity contribution < 1.29 is 4.21 Å². The van der Waals surface area contributed by atoms with Crippen LogP contribution in [0, 0.1) is 17.8 Å². The summed E-state index contributed by atoms with van der Waals surface area (Å²) in [4.78, 5) is 0. The van der Waals surface area contributed by atoms with E-state index in [2.05, 4.69) is 27.7 Å². The fourth-order valence-corrected chi connectivity index (χ4v) is 1.72. The summed E-state index contributed by atoms with van der Waals surface area (Å²) >= 11 is 0.592. The van der Waals surface area contributed by atoms with Crippen molar-refractivity contribution in [2.45, 2.75) is 40.4 Å². The second kappa shape index (κ2) is 6.58. The molecule has 0 amide bonds. The maximum atomic E-state index is 10.2. The van der Waals surface area contributed by atoms with Crippen molar-refractivity contribution in [2.75, 3.05) is 0 Å². The summed E-state index contributed by atoms with van der Waals surface area (Å²) in [5, 5.41) is 0. The van der Waals surface area contributed by atoms with Gasteiger partial charge in [-0.3, -0.25) is 0 Å². The van der Waals surface area contributed by atoms with E-state index < -0.39 is 0 Å². The molecule has 70 valence electrons. The summed E-state index contributed by atoms with van der Waals surface area (Å²) in [5.41, 5.74) is 0. The van der Waals surface area contributed by atoms with Gasteiger partial charge in [-0.05, 0) is 0 Å². The number of hydrogen-bond donors (Lipinski definition) is 0. The normalized spacial score (nSPS) is 17.7. The molecule has 0 aliphatic heterocycles. The van der Waals surface area contributed by atoms with E-state index >= 15 is 0 Å². The molecule has 0 aliphatic carbocycles. The molecule has 3 unspecified atom stereocenters. The third kappa shape index (κ3) is 4.20. The van der Waals surface area contributed by atoms with E-state index in [0.717, 1.165) is 18.2 Å². The van der Waals surface area contributed by atoms with E-state index in [1.807, 2.05) is 0 Å². The zero-order chi connectivity index (χ0) is 9.56. The van der Waals surface area contributed by atoms with Crippen LogP contribution in [0.1, 0.15) is 34.1 Å². The summed E-state index contributed by atoms with van der Waals surface area (Å²) in [5.74, 6) is 2.13. The summed E-state index contributed by atoms with van der Waals surface area (Å²) < 4.78 is 10.2. The maximum absolute atomic E-state index is 10.2. The average molecular weight is 186 g/mol. The fraction of sp³-hybridized carbons (Fsp3) is 1.00. The minimum atomic E-state index is 0.592. The molecule has 0 aromatic heterocycles. The predicted octanol–water partition coefficient (Wildman–Crippen LogP) is 2.56. The van der Waals surface area contributed by atoms with Crippen LogP contribution in [0.3, 0.4) is 0 Å². The van der Waals surface area contributed by atoms with E-state index in [1.54, 1.807) is 6.15 Å². The summed E-state index contributed by atoms with van der Waals surface area (Å²) in [6, 6.07) is 0. The zero-order valence-corrected chi connectivity index (χ0v) is 9.36. The molecular weight excluding hydrogens is 167 g/mol. The van der Waals surface area contributed by atoms with Gasteiger partial charge in [0.05, 0.1) is 0 Å². The molecule has 0 bridgehead atoms. The Hall–Kier alpha value is 0.0849. The van der Waals surface area contributed by atoms with Crippen LogP contribution >= 0.6 is 0 Å². The van der Waals surface area contributed by atoms with Gasteiger partial charge in [-0.1, -0.05) is 0 Å². The Morgan fingerprint density at radius 1 is 1.25 bits per heavy atom. The molecule has 0 N–H and O–H groups in total. The van der Waals surface area contributed by atoms with Gasteiger partial charge < -0.3 is 0 Å². The Balaban J connectivity index is 3.90. The van der Waals surface area contributed by atoms with Crippen LogP contribution in [0.25, 0.3) is 0 Å². The standard InChI is InChI=1S/C9H19BOS/c1-5-7(2)9(4)8(3)6-10-12-11/h7-9H,5-6H2,1-4H3. The SMILES string of the molecule is CCC(C)C(C)C(C)CB=S=O. The fourth-order valence-electron chi connectivity index (χ4n) is 1.34. The van der Waals surface area contributed by atoms with E-state index in [9.17, 15) is 4.21 Å². The molecule has 3 atom stereocenters. The first-order valence-corrected chi connectivity index (χ1v) is 5.54. The van der Waals surface area contributed by atoms with Crippen molar-refractivity contribution in [3.63, 3.8) is 0 Å². The molecule has 0 heterocycles. The monoisotopic (exact) mass is 186 g/mol. The van der Waals surface area contributed by atoms with E-state index in [0.29, 0.717) is 17.0 Å². The molecule has 0 fully saturated rings. The van der Waals surface area contributed by atoms with Crippen molar-refractivity contribution >= 4 is 17.2 Å². The van der Waals surface area contributed by atoms with Crippen molar-refractivity contribution in [2.24, 2.45) is 17.8 Å². The predicted molar refractivity (Wildman–Crippen MR) is 56.5 cm³/mol. The molecule has 0 saturated carbocycles. The molecule has 0 aromatic carbocycles. The molecule has 0 saturated heterocycles. The molecule has 0 aromatic rings. The molecule has 0 rings (SSSR count). The Morgan fingerprint density at radius 2 is 1.83 bits per heavy atom. The van der Waals surface area contributed by atoms with Crippen LogP contribution in [0.4, 0.5) is 0 Å². The van der Waals surface area contributed by atoms with Gasteiger partial charge in [0, 0.05) is 0 Å². The van der Waals surface area contributed by atoms with Crippen molar-refractivity contribution in [1.82, 2.24) is 0 Å². The third-order valence-electron chi connectivity index (χ3n) is 2.98. The van der Waals surface area contributed by atoms with E-state index in [1.165, 1.54) is 6.42 Å². The first kappa shape index (κ1) is 12.1. The van der Waals surface area contributed by atoms with Gasteiger partial charge in [0.1, 0.15) is 0 Å². The van der Waals surface area contributed by atoms with Crippen LogP contribution < -0.4 is 0 Å². The Kier molecular flexibility index (Phi) is 6.63. The minimum absolute atomic E-state index is 0.592. The first-order valence-electron chi connectivity index (χ1n) is 4.73. The van der Waals surface area contributed by atoms with Crippen LogP contribution in [0.2, 0.25) is 6.32 Å². The van der Waals surface area contributed by atoms with Crippen LogP contribution in [-0.2, 0) is 11.1 Å². The van der Waals surface area contributed by atoms with Crippen molar-refractivity contribution in [3.05, 3.63) is 0 Å². The molecular formula is C9H19BOS. The zero-order valence-electron chi connectivity index (χ0n) is 8.54. The summed E-state index contributed by atoms with van der Waals surface area (Å²) in [6.45, 7) is 9.01. The molecule has 3 heteroatoms. The molecule has 0 aliphatic rings. The van der Waals surface area contributed by atoms with Crippen LogP contribution in [0.5, 0.6) is 0 Å². The second-order valence-electron chi connectivity index (χ2n) is 3.72.